The molecule has 0 bridgehead atoms. The summed E-state index contributed by atoms with van der Waals surface area (Å²) in [5, 5.41) is 6.92. The number of rotatable bonds is 4. The van der Waals surface area contributed by atoms with Gasteiger partial charge in [0.1, 0.15) is 17.9 Å². The summed E-state index contributed by atoms with van der Waals surface area (Å²) < 4.78 is 41.3. The Morgan fingerprint density at radius 3 is 2.47 bits per heavy atom. The minimum atomic E-state index is -4.67. The van der Waals surface area contributed by atoms with Crippen molar-refractivity contribution in [2.45, 2.75) is 12.9 Å². The minimum Gasteiger partial charge on any atom is -0.406 e. The Bertz CT molecular complexity index is 536. The average molecular weight is 272 g/mol. The van der Waals surface area contributed by atoms with Gasteiger partial charge >= 0.3 is 6.36 Å². The molecule has 0 unspecified atom stereocenters. The van der Waals surface area contributed by atoms with Gasteiger partial charge in [0.25, 0.3) is 0 Å². The lowest BCUT2D eigenvalue weighted by Gasteiger charge is -2.10. The monoisotopic (exact) mass is 272 g/mol. The van der Waals surface area contributed by atoms with Gasteiger partial charge in [-0.25, -0.2) is 4.98 Å². The summed E-state index contributed by atoms with van der Waals surface area (Å²) in [4.78, 5) is 4.01. The van der Waals surface area contributed by atoms with Gasteiger partial charge in [0.2, 0.25) is 0 Å². The van der Waals surface area contributed by atoms with Crippen LogP contribution in [0.25, 0.3) is 0 Å². The molecule has 1 N–H and O–H groups in total. The molecule has 0 aliphatic carbocycles. The smallest absolute Gasteiger partial charge is 0.406 e. The molecule has 0 atom stereocenters. The summed E-state index contributed by atoms with van der Waals surface area (Å²) in [6, 6.07) is 5.48. The van der Waals surface area contributed by atoms with E-state index in [0.29, 0.717) is 12.2 Å². The predicted molar refractivity (Wildman–Crippen MR) is 61.5 cm³/mol. The molecular weight excluding hydrogens is 261 g/mol. The van der Waals surface area contributed by atoms with Crippen LogP contribution in [0.2, 0.25) is 0 Å². The number of aryl methyl sites for hydroxylation is 1. The largest absolute Gasteiger partial charge is 0.573 e. The Balaban J connectivity index is 1.94. The number of benzene rings is 1. The molecule has 102 valence electrons. The number of halogens is 3. The van der Waals surface area contributed by atoms with Crippen LogP contribution in [0.15, 0.2) is 30.6 Å². The summed E-state index contributed by atoms with van der Waals surface area (Å²) in [6.07, 6.45) is -3.25. The van der Waals surface area contributed by atoms with Crippen molar-refractivity contribution < 1.29 is 17.9 Å². The molecule has 0 saturated heterocycles. The molecule has 0 fully saturated rings. The lowest BCUT2D eigenvalue weighted by molar-refractivity contribution is -0.274. The van der Waals surface area contributed by atoms with Crippen LogP contribution < -0.4 is 10.1 Å². The zero-order valence-corrected chi connectivity index (χ0v) is 9.98. The second-order valence-corrected chi connectivity index (χ2v) is 3.73. The highest BCUT2D eigenvalue weighted by Crippen LogP contribution is 2.23. The molecule has 19 heavy (non-hydrogen) atoms. The van der Waals surface area contributed by atoms with Crippen LogP contribution in [0.4, 0.5) is 18.9 Å². The van der Waals surface area contributed by atoms with Gasteiger partial charge in [0, 0.05) is 12.7 Å². The first-order chi connectivity index (χ1) is 8.94. The summed E-state index contributed by atoms with van der Waals surface area (Å²) in [5.41, 5.74) is 0.664. The summed E-state index contributed by atoms with van der Waals surface area (Å²) in [6.45, 7) is 0.427. The Morgan fingerprint density at radius 1 is 1.26 bits per heavy atom. The van der Waals surface area contributed by atoms with E-state index in [9.17, 15) is 13.2 Å². The third-order valence-corrected chi connectivity index (χ3v) is 2.34. The number of alkyl halides is 3. The highest BCUT2D eigenvalue weighted by molar-refractivity contribution is 5.46. The first-order valence-corrected chi connectivity index (χ1v) is 5.36. The third-order valence-electron chi connectivity index (χ3n) is 2.34. The first-order valence-electron chi connectivity index (χ1n) is 5.36. The fourth-order valence-corrected chi connectivity index (χ4v) is 1.44. The van der Waals surface area contributed by atoms with E-state index in [4.69, 9.17) is 0 Å². The Kier molecular flexibility index (Phi) is 3.59. The van der Waals surface area contributed by atoms with Gasteiger partial charge in [-0.15, -0.1) is 13.2 Å². The van der Waals surface area contributed by atoms with Crippen molar-refractivity contribution >= 4 is 5.69 Å². The molecule has 0 amide bonds. The highest BCUT2D eigenvalue weighted by Gasteiger charge is 2.30. The minimum absolute atomic E-state index is 0.253. The molecule has 2 rings (SSSR count). The van der Waals surface area contributed by atoms with Gasteiger partial charge in [0.15, 0.2) is 0 Å². The number of aromatic nitrogens is 3. The molecule has 1 aromatic carbocycles. The second-order valence-electron chi connectivity index (χ2n) is 3.73. The molecule has 0 aliphatic rings. The van der Waals surface area contributed by atoms with Crippen LogP contribution in [-0.2, 0) is 13.6 Å². The van der Waals surface area contributed by atoms with Crippen molar-refractivity contribution in [2.24, 2.45) is 7.05 Å². The van der Waals surface area contributed by atoms with Gasteiger partial charge in [-0.2, -0.15) is 5.10 Å². The van der Waals surface area contributed by atoms with Crippen LogP contribution in [0.3, 0.4) is 0 Å². The van der Waals surface area contributed by atoms with E-state index >= 15 is 0 Å². The van der Waals surface area contributed by atoms with E-state index in [-0.39, 0.29) is 5.75 Å². The SMILES string of the molecule is Cn1ncnc1CNc1ccc(OC(F)(F)F)cc1. The number of nitrogens with one attached hydrogen (secondary N) is 1. The van der Waals surface area contributed by atoms with Crippen LogP contribution >= 0.6 is 0 Å². The molecule has 0 spiro atoms. The Morgan fingerprint density at radius 2 is 1.95 bits per heavy atom. The van der Waals surface area contributed by atoms with Crippen molar-refractivity contribution in [1.82, 2.24) is 14.8 Å². The normalized spacial score (nSPS) is 11.4. The van der Waals surface area contributed by atoms with E-state index in [1.807, 2.05) is 0 Å². The number of hydrogen-bond donors (Lipinski definition) is 1. The fourth-order valence-electron chi connectivity index (χ4n) is 1.44. The van der Waals surface area contributed by atoms with E-state index in [1.165, 1.54) is 30.6 Å². The molecular formula is C11H11F3N4O. The van der Waals surface area contributed by atoms with Gasteiger partial charge in [0.05, 0.1) is 6.54 Å². The topological polar surface area (TPSA) is 52.0 Å². The lowest BCUT2D eigenvalue weighted by Crippen LogP contribution is -2.17. The third kappa shape index (κ3) is 3.87. The Hall–Kier alpha value is -2.25. The summed E-state index contributed by atoms with van der Waals surface area (Å²) >= 11 is 0. The van der Waals surface area contributed by atoms with E-state index in [2.05, 4.69) is 20.1 Å². The highest BCUT2D eigenvalue weighted by atomic mass is 19.4. The molecule has 8 heteroatoms. The number of anilines is 1. The maximum absolute atomic E-state index is 12.0. The molecule has 5 nitrogen and oxygen atoms in total. The van der Waals surface area contributed by atoms with Gasteiger partial charge in [-0.05, 0) is 24.3 Å². The molecule has 0 saturated carbocycles. The number of ether oxygens (including phenoxy) is 1. The van der Waals surface area contributed by atoms with Gasteiger partial charge in [-0.1, -0.05) is 0 Å². The molecule has 0 aliphatic heterocycles. The van der Waals surface area contributed by atoms with Crippen molar-refractivity contribution in [3.05, 3.63) is 36.4 Å². The quantitative estimate of drug-likeness (QED) is 0.928. The van der Waals surface area contributed by atoms with E-state index in [0.717, 1.165) is 5.82 Å². The second kappa shape index (κ2) is 5.17. The van der Waals surface area contributed by atoms with Crippen molar-refractivity contribution in [1.29, 1.82) is 0 Å². The lowest BCUT2D eigenvalue weighted by atomic mass is 10.3. The molecule has 1 aromatic heterocycles. The predicted octanol–water partition coefficient (Wildman–Crippen LogP) is 2.33. The standard InChI is InChI=1S/C11H11F3N4O/c1-18-10(16-7-17-18)6-15-8-2-4-9(5-3-8)19-11(12,13)14/h2-5,7,15H,6H2,1H3. The summed E-state index contributed by atoms with van der Waals surface area (Å²) in [5.74, 6) is 0.465. The van der Waals surface area contributed by atoms with Crippen LogP contribution in [0.5, 0.6) is 5.75 Å². The van der Waals surface area contributed by atoms with E-state index in [1.54, 1.807) is 11.7 Å². The maximum Gasteiger partial charge on any atom is 0.573 e. The number of nitrogens with zero attached hydrogens (tertiary/aromatic N) is 3. The zero-order valence-electron chi connectivity index (χ0n) is 9.98. The van der Waals surface area contributed by atoms with Crippen LogP contribution in [0.1, 0.15) is 5.82 Å². The maximum atomic E-state index is 12.0. The molecule has 2 aromatic rings. The van der Waals surface area contributed by atoms with Crippen LogP contribution in [0, 0.1) is 0 Å². The van der Waals surface area contributed by atoms with E-state index < -0.39 is 6.36 Å². The van der Waals surface area contributed by atoms with Gasteiger partial charge in [-0.3, -0.25) is 4.68 Å². The van der Waals surface area contributed by atoms with Gasteiger partial charge < -0.3 is 10.1 Å². The average Bonchev–Trinajstić information content (AvgIpc) is 2.72. The number of hydrogen-bond acceptors (Lipinski definition) is 4. The zero-order chi connectivity index (χ0) is 13.9. The van der Waals surface area contributed by atoms with Crippen LogP contribution in [-0.4, -0.2) is 21.1 Å². The fraction of sp³-hybridized carbons (Fsp3) is 0.273. The molecule has 0 radical (unpaired) electrons. The van der Waals surface area contributed by atoms with Crippen molar-refractivity contribution in [3.8, 4) is 5.75 Å². The molecule has 1 heterocycles. The van der Waals surface area contributed by atoms with Crippen molar-refractivity contribution in [3.63, 3.8) is 0 Å². The van der Waals surface area contributed by atoms with Crippen molar-refractivity contribution in [2.75, 3.05) is 5.32 Å². The first kappa shape index (κ1) is 13.2. The summed E-state index contributed by atoms with van der Waals surface area (Å²) in [7, 11) is 1.75. The Labute approximate surface area is 107 Å².